The highest BCUT2D eigenvalue weighted by Crippen LogP contribution is 2.14. The Morgan fingerprint density at radius 2 is 2.12 bits per heavy atom. The van der Waals surface area contributed by atoms with Gasteiger partial charge < -0.3 is 5.32 Å². The quantitative estimate of drug-likeness (QED) is 0.876. The molecule has 0 bridgehead atoms. The molecule has 1 aromatic rings. The van der Waals surface area contributed by atoms with Crippen LogP contribution in [-0.2, 0) is 6.42 Å². The van der Waals surface area contributed by atoms with E-state index in [9.17, 15) is 0 Å². The van der Waals surface area contributed by atoms with Crippen molar-refractivity contribution in [2.75, 3.05) is 25.0 Å². The fourth-order valence-corrected chi connectivity index (χ4v) is 2.85. The monoisotopic (exact) mass is 254 g/mol. The molecule has 0 saturated carbocycles. The second-order valence-electron chi connectivity index (χ2n) is 4.70. The van der Waals surface area contributed by atoms with Crippen molar-refractivity contribution in [2.24, 2.45) is 0 Å². The van der Waals surface area contributed by atoms with Crippen LogP contribution in [0, 0.1) is 0 Å². The normalized spacial score (nSPS) is 19.2. The Balaban J connectivity index is 1.76. The predicted molar refractivity (Wildman–Crippen MR) is 72.7 cm³/mol. The van der Waals surface area contributed by atoms with E-state index in [1.165, 1.54) is 43.9 Å². The first-order valence-corrected chi connectivity index (χ1v) is 7.37. The van der Waals surface area contributed by atoms with Crippen LogP contribution in [0.5, 0.6) is 0 Å². The minimum absolute atomic E-state index is 0.587. The van der Waals surface area contributed by atoms with Crippen molar-refractivity contribution in [3.63, 3.8) is 0 Å². The third-order valence-electron chi connectivity index (χ3n) is 3.35. The minimum atomic E-state index is 0.587. The van der Waals surface area contributed by atoms with Gasteiger partial charge in [-0.1, -0.05) is 13.3 Å². The number of anilines is 1. The van der Waals surface area contributed by atoms with Crippen LogP contribution >= 0.6 is 11.5 Å². The first-order valence-electron chi connectivity index (χ1n) is 6.60. The number of hydrogen-bond donors (Lipinski definition) is 1. The van der Waals surface area contributed by atoms with Gasteiger partial charge in [0.25, 0.3) is 0 Å². The molecule has 0 amide bonds. The van der Waals surface area contributed by atoms with E-state index >= 15 is 0 Å². The van der Waals surface area contributed by atoms with E-state index in [1.807, 2.05) is 0 Å². The van der Waals surface area contributed by atoms with Gasteiger partial charge in [0.1, 0.15) is 5.82 Å². The molecule has 0 spiro atoms. The molecule has 0 radical (unpaired) electrons. The van der Waals surface area contributed by atoms with E-state index in [4.69, 9.17) is 0 Å². The SMILES string of the molecule is CCc1nsc(NCC(C)N2CCCCC2)n1. The molecule has 0 aliphatic carbocycles. The van der Waals surface area contributed by atoms with Crippen LogP contribution < -0.4 is 5.32 Å². The van der Waals surface area contributed by atoms with Gasteiger partial charge in [0, 0.05) is 30.5 Å². The Morgan fingerprint density at radius 1 is 1.35 bits per heavy atom. The molecule has 1 saturated heterocycles. The summed E-state index contributed by atoms with van der Waals surface area (Å²) in [5.74, 6) is 0.947. The van der Waals surface area contributed by atoms with Crippen molar-refractivity contribution in [3.8, 4) is 0 Å². The second-order valence-corrected chi connectivity index (χ2v) is 5.45. The molecule has 1 N–H and O–H groups in total. The number of rotatable bonds is 5. The summed E-state index contributed by atoms with van der Waals surface area (Å²) in [7, 11) is 0. The van der Waals surface area contributed by atoms with Crippen LogP contribution in [0.2, 0.25) is 0 Å². The Morgan fingerprint density at radius 3 is 2.76 bits per heavy atom. The summed E-state index contributed by atoms with van der Waals surface area (Å²) in [5, 5.41) is 4.36. The number of aryl methyl sites for hydroxylation is 1. The van der Waals surface area contributed by atoms with Crippen LogP contribution in [0.1, 0.15) is 38.9 Å². The van der Waals surface area contributed by atoms with E-state index in [-0.39, 0.29) is 0 Å². The molecule has 4 nitrogen and oxygen atoms in total. The molecule has 2 heterocycles. The fourth-order valence-electron chi connectivity index (χ4n) is 2.19. The van der Waals surface area contributed by atoms with Gasteiger partial charge in [-0.25, -0.2) is 4.98 Å². The van der Waals surface area contributed by atoms with Gasteiger partial charge in [0.2, 0.25) is 5.13 Å². The number of hydrogen-bond acceptors (Lipinski definition) is 5. The first kappa shape index (κ1) is 12.8. The van der Waals surface area contributed by atoms with Crippen LogP contribution in [0.15, 0.2) is 0 Å². The number of aromatic nitrogens is 2. The van der Waals surface area contributed by atoms with Gasteiger partial charge in [-0.15, -0.1) is 0 Å². The van der Waals surface area contributed by atoms with Gasteiger partial charge in [-0.3, -0.25) is 4.90 Å². The summed E-state index contributed by atoms with van der Waals surface area (Å²) in [5.41, 5.74) is 0. The molecule has 96 valence electrons. The average Bonchev–Trinajstić information content (AvgIpc) is 2.85. The predicted octanol–water partition coefficient (Wildman–Crippen LogP) is 2.39. The molecule has 5 heteroatoms. The van der Waals surface area contributed by atoms with Gasteiger partial charge in [0.05, 0.1) is 0 Å². The summed E-state index contributed by atoms with van der Waals surface area (Å²) in [6.45, 7) is 7.85. The molecular formula is C12H22N4S. The molecule has 2 rings (SSSR count). The number of piperidine rings is 1. The van der Waals surface area contributed by atoms with Gasteiger partial charge >= 0.3 is 0 Å². The summed E-state index contributed by atoms with van der Waals surface area (Å²) < 4.78 is 4.28. The lowest BCUT2D eigenvalue weighted by Gasteiger charge is -2.32. The van der Waals surface area contributed by atoms with Crippen molar-refractivity contribution in [3.05, 3.63) is 5.82 Å². The third-order valence-corrected chi connectivity index (χ3v) is 4.06. The maximum atomic E-state index is 4.42. The molecule has 17 heavy (non-hydrogen) atoms. The largest absolute Gasteiger partial charge is 0.359 e. The Hall–Kier alpha value is -0.680. The van der Waals surface area contributed by atoms with Crippen molar-refractivity contribution >= 4 is 16.7 Å². The van der Waals surface area contributed by atoms with Crippen LogP contribution in [0.4, 0.5) is 5.13 Å². The van der Waals surface area contributed by atoms with Crippen LogP contribution in [-0.4, -0.2) is 39.9 Å². The fraction of sp³-hybridized carbons (Fsp3) is 0.833. The smallest absolute Gasteiger partial charge is 0.202 e. The Labute approximate surface area is 108 Å². The zero-order valence-electron chi connectivity index (χ0n) is 10.8. The lowest BCUT2D eigenvalue weighted by atomic mass is 10.1. The van der Waals surface area contributed by atoms with Gasteiger partial charge in [0.15, 0.2) is 0 Å². The summed E-state index contributed by atoms with van der Waals surface area (Å²) in [4.78, 5) is 6.99. The molecule has 1 aliphatic rings. The standard InChI is InChI=1S/C12H22N4S/c1-3-11-14-12(17-15-11)13-9-10(2)16-7-5-4-6-8-16/h10H,3-9H2,1-2H3,(H,13,14,15). The number of nitrogens with one attached hydrogen (secondary N) is 1. The summed E-state index contributed by atoms with van der Waals surface area (Å²) in [6.07, 6.45) is 5.01. The summed E-state index contributed by atoms with van der Waals surface area (Å²) in [6, 6.07) is 0.587. The first-order chi connectivity index (χ1) is 8.29. The topological polar surface area (TPSA) is 41.1 Å². The zero-order chi connectivity index (χ0) is 12.1. The van der Waals surface area contributed by atoms with Crippen molar-refractivity contribution in [2.45, 2.75) is 45.6 Å². The summed E-state index contributed by atoms with van der Waals surface area (Å²) >= 11 is 1.47. The lowest BCUT2D eigenvalue weighted by molar-refractivity contribution is 0.180. The van der Waals surface area contributed by atoms with E-state index in [0.717, 1.165) is 23.9 Å². The highest BCUT2D eigenvalue weighted by atomic mass is 32.1. The molecule has 1 unspecified atom stereocenters. The Bertz CT molecular complexity index is 333. The molecule has 0 aromatic carbocycles. The van der Waals surface area contributed by atoms with Gasteiger partial charge in [-0.05, 0) is 32.9 Å². The van der Waals surface area contributed by atoms with E-state index in [2.05, 4.69) is 33.4 Å². The van der Waals surface area contributed by atoms with Crippen LogP contribution in [0.3, 0.4) is 0 Å². The molecule has 1 aliphatic heterocycles. The lowest BCUT2D eigenvalue weighted by Crippen LogP contribution is -2.41. The van der Waals surface area contributed by atoms with E-state index in [1.54, 1.807) is 0 Å². The highest BCUT2D eigenvalue weighted by Gasteiger charge is 2.16. The minimum Gasteiger partial charge on any atom is -0.359 e. The van der Waals surface area contributed by atoms with Crippen molar-refractivity contribution in [1.29, 1.82) is 0 Å². The molecule has 1 fully saturated rings. The third kappa shape index (κ3) is 3.64. The zero-order valence-corrected chi connectivity index (χ0v) is 11.6. The average molecular weight is 254 g/mol. The maximum Gasteiger partial charge on any atom is 0.202 e. The van der Waals surface area contributed by atoms with E-state index < -0.39 is 0 Å². The molecular weight excluding hydrogens is 232 g/mol. The maximum absolute atomic E-state index is 4.42. The second kappa shape index (κ2) is 6.31. The number of nitrogens with zero attached hydrogens (tertiary/aromatic N) is 3. The highest BCUT2D eigenvalue weighted by molar-refractivity contribution is 7.09. The Kier molecular flexibility index (Phi) is 4.74. The van der Waals surface area contributed by atoms with Gasteiger partial charge in [-0.2, -0.15) is 4.37 Å². The van der Waals surface area contributed by atoms with Crippen molar-refractivity contribution < 1.29 is 0 Å². The van der Waals surface area contributed by atoms with Crippen molar-refractivity contribution in [1.82, 2.24) is 14.3 Å². The molecule has 1 aromatic heterocycles. The van der Waals surface area contributed by atoms with Crippen LogP contribution in [0.25, 0.3) is 0 Å². The van der Waals surface area contributed by atoms with E-state index in [0.29, 0.717) is 6.04 Å². The molecule has 1 atom stereocenters. The number of likely N-dealkylation sites (tertiary alicyclic amines) is 1.